The third-order valence-electron chi connectivity index (χ3n) is 3.46. The van der Waals surface area contributed by atoms with Gasteiger partial charge in [0.25, 0.3) is 5.91 Å². The molecule has 2 aromatic carbocycles. The van der Waals surface area contributed by atoms with Crippen LogP contribution in [-0.2, 0) is 0 Å². The van der Waals surface area contributed by atoms with Crippen molar-refractivity contribution in [3.8, 4) is 17.1 Å². The van der Waals surface area contributed by atoms with Crippen molar-refractivity contribution in [3.05, 3.63) is 71.0 Å². The lowest BCUT2D eigenvalue weighted by atomic mass is 10.1. The number of hydrogen-bond acceptors (Lipinski definition) is 4. The fourth-order valence-corrected chi connectivity index (χ4v) is 2.50. The second-order valence-electron chi connectivity index (χ2n) is 5.09. The molecule has 0 radical (unpaired) electrons. The molecule has 0 aliphatic rings. The predicted octanol–water partition coefficient (Wildman–Crippen LogP) is 4.20. The van der Waals surface area contributed by atoms with E-state index < -0.39 is 11.7 Å². The molecule has 25 heavy (non-hydrogen) atoms. The van der Waals surface area contributed by atoms with Crippen LogP contribution in [0.4, 0.5) is 10.1 Å². The molecule has 1 amide bonds. The van der Waals surface area contributed by atoms with Gasteiger partial charge in [0.1, 0.15) is 5.82 Å². The van der Waals surface area contributed by atoms with E-state index in [1.807, 2.05) is 6.07 Å². The predicted molar refractivity (Wildman–Crippen MR) is 93.4 cm³/mol. The molecule has 0 unspecified atom stereocenters. The van der Waals surface area contributed by atoms with E-state index in [-0.39, 0.29) is 10.6 Å². The monoisotopic (exact) mass is 357 g/mol. The number of hydrogen-bond donors (Lipinski definition) is 1. The number of rotatable bonds is 4. The highest BCUT2D eigenvalue weighted by molar-refractivity contribution is 6.34. The van der Waals surface area contributed by atoms with Crippen molar-refractivity contribution in [2.45, 2.75) is 0 Å². The van der Waals surface area contributed by atoms with Crippen LogP contribution in [0.3, 0.4) is 0 Å². The standard InChI is InChI=1S/C18H13ClFN3O2/c1-25-16-9-8-15(22-23-16)11-4-2-5-12(10-11)21-18(24)17-13(19)6-3-7-14(17)20/h2-10H,1H3,(H,21,24). The van der Waals surface area contributed by atoms with Gasteiger partial charge in [-0.2, -0.15) is 0 Å². The van der Waals surface area contributed by atoms with E-state index in [1.54, 1.807) is 30.3 Å². The minimum Gasteiger partial charge on any atom is -0.480 e. The van der Waals surface area contributed by atoms with E-state index in [9.17, 15) is 9.18 Å². The summed E-state index contributed by atoms with van der Waals surface area (Å²) in [5.74, 6) is -0.898. The van der Waals surface area contributed by atoms with Crippen LogP contribution in [0.1, 0.15) is 10.4 Å². The number of halogens is 2. The van der Waals surface area contributed by atoms with Crippen LogP contribution in [0.5, 0.6) is 5.88 Å². The lowest BCUT2D eigenvalue weighted by molar-refractivity contribution is 0.102. The normalized spacial score (nSPS) is 10.4. The molecule has 0 aliphatic carbocycles. The third kappa shape index (κ3) is 3.75. The van der Waals surface area contributed by atoms with Crippen molar-refractivity contribution in [3.63, 3.8) is 0 Å². The van der Waals surface area contributed by atoms with Crippen LogP contribution in [-0.4, -0.2) is 23.2 Å². The summed E-state index contributed by atoms with van der Waals surface area (Å²) < 4.78 is 18.8. The average molecular weight is 358 g/mol. The molecule has 0 saturated carbocycles. The number of ether oxygens (including phenoxy) is 1. The number of benzene rings is 2. The van der Waals surface area contributed by atoms with E-state index in [1.165, 1.54) is 25.3 Å². The van der Waals surface area contributed by atoms with E-state index in [0.29, 0.717) is 17.3 Å². The molecule has 1 N–H and O–H groups in total. The molecular formula is C18H13ClFN3O2. The number of anilines is 1. The number of aromatic nitrogens is 2. The highest BCUT2D eigenvalue weighted by Crippen LogP contribution is 2.24. The number of carbonyl (C=O) groups excluding carboxylic acids is 1. The lowest BCUT2D eigenvalue weighted by Gasteiger charge is -2.09. The highest BCUT2D eigenvalue weighted by Gasteiger charge is 2.16. The maximum atomic E-state index is 13.8. The number of amides is 1. The van der Waals surface area contributed by atoms with Gasteiger partial charge in [-0.25, -0.2) is 4.39 Å². The quantitative estimate of drug-likeness (QED) is 0.760. The fourth-order valence-electron chi connectivity index (χ4n) is 2.25. The van der Waals surface area contributed by atoms with E-state index in [0.717, 1.165) is 5.56 Å². The van der Waals surface area contributed by atoms with Gasteiger partial charge >= 0.3 is 0 Å². The van der Waals surface area contributed by atoms with Crippen molar-refractivity contribution in [2.75, 3.05) is 12.4 Å². The maximum Gasteiger partial charge on any atom is 0.260 e. The van der Waals surface area contributed by atoms with Gasteiger partial charge in [0.15, 0.2) is 0 Å². The molecule has 5 nitrogen and oxygen atoms in total. The average Bonchev–Trinajstić information content (AvgIpc) is 2.62. The molecule has 1 aromatic heterocycles. The summed E-state index contributed by atoms with van der Waals surface area (Å²) in [7, 11) is 1.51. The second kappa shape index (κ2) is 7.27. The van der Waals surface area contributed by atoms with E-state index >= 15 is 0 Å². The van der Waals surface area contributed by atoms with Gasteiger partial charge in [-0.05, 0) is 30.3 Å². The van der Waals surface area contributed by atoms with Gasteiger partial charge in [0.2, 0.25) is 5.88 Å². The van der Waals surface area contributed by atoms with Gasteiger partial charge in [-0.3, -0.25) is 4.79 Å². The molecule has 0 atom stereocenters. The van der Waals surface area contributed by atoms with Crippen molar-refractivity contribution in [1.82, 2.24) is 10.2 Å². The Morgan fingerprint density at radius 1 is 1.12 bits per heavy atom. The topological polar surface area (TPSA) is 64.1 Å². The van der Waals surface area contributed by atoms with Crippen LogP contribution in [0.15, 0.2) is 54.6 Å². The molecule has 0 bridgehead atoms. The Hall–Kier alpha value is -2.99. The Kier molecular flexibility index (Phi) is 4.90. The Morgan fingerprint density at radius 2 is 1.92 bits per heavy atom. The number of nitrogens with one attached hydrogen (secondary N) is 1. The van der Waals surface area contributed by atoms with Gasteiger partial charge in [0, 0.05) is 17.3 Å². The highest BCUT2D eigenvalue weighted by atomic mass is 35.5. The first-order valence-electron chi connectivity index (χ1n) is 7.32. The Labute approximate surface area is 148 Å². The summed E-state index contributed by atoms with van der Waals surface area (Å²) in [6.45, 7) is 0. The van der Waals surface area contributed by atoms with Gasteiger partial charge in [0.05, 0.1) is 23.4 Å². The fraction of sp³-hybridized carbons (Fsp3) is 0.0556. The molecular weight excluding hydrogens is 345 g/mol. The molecule has 0 saturated heterocycles. The summed E-state index contributed by atoms with van der Waals surface area (Å²) in [5.41, 5.74) is 1.65. The molecule has 1 heterocycles. The molecule has 0 fully saturated rings. The lowest BCUT2D eigenvalue weighted by Crippen LogP contribution is -2.14. The summed E-state index contributed by atoms with van der Waals surface area (Å²) in [5, 5.41) is 10.7. The summed E-state index contributed by atoms with van der Waals surface area (Å²) in [4.78, 5) is 12.3. The van der Waals surface area contributed by atoms with Gasteiger partial charge < -0.3 is 10.1 Å². The van der Waals surface area contributed by atoms with Gasteiger partial charge in [-0.1, -0.05) is 29.8 Å². The smallest absolute Gasteiger partial charge is 0.260 e. The van der Waals surface area contributed by atoms with Crippen molar-refractivity contribution in [1.29, 1.82) is 0 Å². The first kappa shape index (κ1) is 16.9. The van der Waals surface area contributed by atoms with Crippen LogP contribution in [0, 0.1) is 5.82 Å². The van der Waals surface area contributed by atoms with Gasteiger partial charge in [-0.15, -0.1) is 10.2 Å². The van der Waals surface area contributed by atoms with Crippen LogP contribution >= 0.6 is 11.6 Å². The summed E-state index contributed by atoms with van der Waals surface area (Å²) >= 11 is 5.92. The minimum atomic E-state index is -0.679. The van der Waals surface area contributed by atoms with Crippen molar-refractivity contribution in [2.24, 2.45) is 0 Å². The molecule has 126 valence electrons. The zero-order valence-electron chi connectivity index (χ0n) is 13.2. The molecule has 3 aromatic rings. The largest absolute Gasteiger partial charge is 0.480 e. The Balaban J connectivity index is 1.85. The van der Waals surface area contributed by atoms with E-state index in [4.69, 9.17) is 16.3 Å². The summed E-state index contributed by atoms with van der Waals surface area (Å²) in [6, 6.07) is 14.5. The molecule has 3 rings (SSSR count). The van der Waals surface area contributed by atoms with Crippen LogP contribution in [0.25, 0.3) is 11.3 Å². The molecule has 7 heteroatoms. The molecule has 0 aliphatic heterocycles. The van der Waals surface area contributed by atoms with Crippen molar-refractivity contribution >= 4 is 23.2 Å². The van der Waals surface area contributed by atoms with Crippen LogP contribution in [0.2, 0.25) is 5.02 Å². The number of methoxy groups -OCH3 is 1. The zero-order valence-corrected chi connectivity index (χ0v) is 13.9. The molecule has 0 spiro atoms. The van der Waals surface area contributed by atoms with Crippen LogP contribution < -0.4 is 10.1 Å². The first-order chi connectivity index (χ1) is 12.1. The Morgan fingerprint density at radius 3 is 2.60 bits per heavy atom. The second-order valence-corrected chi connectivity index (χ2v) is 5.50. The third-order valence-corrected chi connectivity index (χ3v) is 3.77. The van der Waals surface area contributed by atoms with Crippen molar-refractivity contribution < 1.29 is 13.9 Å². The SMILES string of the molecule is COc1ccc(-c2cccc(NC(=O)c3c(F)cccc3Cl)c2)nn1. The zero-order chi connectivity index (χ0) is 17.8. The number of nitrogens with zero attached hydrogens (tertiary/aromatic N) is 2. The minimum absolute atomic E-state index is 0.0506. The number of carbonyl (C=O) groups is 1. The first-order valence-corrected chi connectivity index (χ1v) is 7.70. The summed E-state index contributed by atoms with van der Waals surface area (Å²) in [6.07, 6.45) is 0. The maximum absolute atomic E-state index is 13.8. The van der Waals surface area contributed by atoms with E-state index in [2.05, 4.69) is 15.5 Å². The Bertz CT molecular complexity index is 896.